The number of dihydropyridines is 1. The van der Waals surface area contributed by atoms with Gasteiger partial charge in [-0.05, 0) is 25.0 Å². The highest BCUT2D eigenvalue weighted by molar-refractivity contribution is 5.62. The highest BCUT2D eigenvalue weighted by atomic mass is 15.1. The predicted molar refractivity (Wildman–Crippen MR) is 92.0 cm³/mol. The Morgan fingerprint density at radius 2 is 2.13 bits per heavy atom. The maximum atomic E-state index is 4.64. The molecule has 2 aromatic rings. The van der Waals surface area contributed by atoms with Gasteiger partial charge in [0.15, 0.2) is 0 Å². The Morgan fingerprint density at radius 3 is 2.87 bits per heavy atom. The lowest BCUT2D eigenvalue weighted by Crippen LogP contribution is -2.30. The largest absolute Gasteiger partial charge is 0.383 e. The lowest BCUT2D eigenvalue weighted by molar-refractivity contribution is 0.765. The molecule has 0 fully saturated rings. The molecule has 0 saturated carbocycles. The van der Waals surface area contributed by atoms with E-state index in [0.29, 0.717) is 11.9 Å². The molecule has 1 atom stereocenters. The van der Waals surface area contributed by atoms with Gasteiger partial charge in [-0.2, -0.15) is 5.10 Å². The molecule has 120 valence electrons. The van der Waals surface area contributed by atoms with Crippen LogP contribution in [0, 0.1) is 0 Å². The summed E-state index contributed by atoms with van der Waals surface area (Å²) in [6.07, 6.45) is 9.80. The third-order valence-corrected chi connectivity index (χ3v) is 3.83. The van der Waals surface area contributed by atoms with Crippen LogP contribution in [0.2, 0.25) is 0 Å². The summed E-state index contributed by atoms with van der Waals surface area (Å²) in [5, 5.41) is 13.9. The van der Waals surface area contributed by atoms with Gasteiger partial charge in [0, 0.05) is 29.7 Å². The number of hydrogen-bond acceptors (Lipinski definition) is 5. The van der Waals surface area contributed by atoms with Crippen LogP contribution in [0.3, 0.4) is 0 Å². The fourth-order valence-corrected chi connectivity index (χ4v) is 2.56. The Hall–Kier alpha value is -2.63. The number of hydrogen-bond donors (Lipinski definition) is 3. The molecule has 2 aromatic heterocycles. The summed E-state index contributed by atoms with van der Waals surface area (Å²) >= 11 is 0. The van der Waals surface area contributed by atoms with Crippen molar-refractivity contribution in [3.8, 4) is 11.3 Å². The number of aromatic nitrogens is 4. The fraction of sp³-hybridized carbons (Fsp3) is 0.353. The first kappa shape index (κ1) is 15.3. The number of allylic oxidation sites excluding steroid dienone is 2. The second-order valence-electron chi connectivity index (χ2n) is 5.91. The van der Waals surface area contributed by atoms with Gasteiger partial charge in [0.05, 0.1) is 17.9 Å². The third kappa shape index (κ3) is 3.41. The first-order chi connectivity index (χ1) is 11.1. The lowest BCUT2D eigenvalue weighted by Gasteiger charge is -2.20. The number of H-pyrrole nitrogens is 1. The van der Waals surface area contributed by atoms with Gasteiger partial charge in [0.2, 0.25) is 5.95 Å². The molecule has 0 bridgehead atoms. The van der Waals surface area contributed by atoms with Crippen LogP contribution in [0.1, 0.15) is 32.4 Å². The van der Waals surface area contributed by atoms with E-state index in [1.165, 1.54) is 0 Å². The fourth-order valence-electron chi connectivity index (χ4n) is 2.56. The average molecular weight is 310 g/mol. The monoisotopic (exact) mass is 310 g/mol. The molecule has 0 radical (unpaired) electrons. The van der Waals surface area contributed by atoms with Crippen molar-refractivity contribution in [2.75, 3.05) is 11.9 Å². The lowest BCUT2D eigenvalue weighted by atomic mass is 10.0. The smallest absolute Gasteiger partial charge is 0.223 e. The molecule has 0 amide bonds. The molecule has 1 unspecified atom stereocenters. The molecule has 3 N–H and O–H groups in total. The summed E-state index contributed by atoms with van der Waals surface area (Å²) in [6, 6.07) is 2.03. The Morgan fingerprint density at radius 1 is 1.26 bits per heavy atom. The van der Waals surface area contributed by atoms with Gasteiger partial charge in [0.1, 0.15) is 0 Å². The molecular formula is C17H22N6. The molecule has 1 aliphatic rings. The van der Waals surface area contributed by atoms with Crippen LogP contribution in [0.15, 0.2) is 42.4 Å². The zero-order chi connectivity index (χ0) is 16.2. The van der Waals surface area contributed by atoms with Gasteiger partial charge in [-0.1, -0.05) is 26.0 Å². The van der Waals surface area contributed by atoms with Crippen LogP contribution in [0.5, 0.6) is 0 Å². The molecule has 3 rings (SSSR count). The number of nitrogens with one attached hydrogen (secondary N) is 3. The molecule has 0 aliphatic carbocycles. The maximum Gasteiger partial charge on any atom is 0.223 e. The summed E-state index contributed by atoms with van der Waals surface area (Å²) in [4.78, 5) is 8.97. The Bertz CT molecular complexity index is 728. The van der Waals surface area contributed by atoms with Crippen molar-refractivity contribution in [1.29, 1.82) is 0 Å². The van der Waals surface area contributed by atoms with Crippen LogP contribution in [0.4, 0.5) is 5.95 Å². The summed E-state index contributed by atoms with van der Waals surface area (Å²) in [6.45, 7) is 7.21. The molecule has 6 nitrogen and oxygen atoms in total. The Balaban J connectivity index is 1.81. The highest BCUT2D eigenvalue weighted by Gasteiger charge is 2.14. The van der Waals surface area contributed by atoms with E-state index in [1.54, 1.807) is 6.20 Å². The minimum absolute atomic E-state index is 0.115. The SMILES string of the molecule is CC(Nc1nccc(-c2cn[nH]c2C(C)C)n1)C1=CC=CCN1. The molecular weight excluding hydrogens is 288 g/mol. The number of aromatic amines is 1. The van der Waals surface area contributed by atoms with E-state index in [2.05, 4.69) is 69.8 Å². The molecule has 23 heavy (non-hydrogen) atoms. The van der Waals surface area contributed by atoms with Crippen LogP contribution in [-0.2, 0) is 0 Å². The van der Waals surface area contributed by atoms with E-state index in [4.69, 9.17) is 0 Å². The molecule has 3 heterocycles. The van der Waals surface area contributed by atoms with Crippen molar-refractivity contribution in [1.82, 2.24) is 25.5 Å². The molecule has 0 saturated heterocycles. The number of rotatable bonds is 5. The van der Waals surface area contributed by atoms with Gasteiger partial charge in [-0.3, -0.25) is 5.10 Å². The summed E-state index contributed by atoms with van der Waals surface area (Å²) in [7, 11) is 0. The quantitative estimate of drug-likeness (QED) is 0.791. The van der Waals surface area contributed by atoms with E-state index in [9.17, 15) is 0 Å². The van der Waals surface area contributed by atoms with Crippen molar-refractivity contribution in [2.24, 2.45) is 0 Å². The van der Waals surface area contributed by atoms with Gasteiger partial charge in [-0.15, -0.1) is 0 Å². The minimum atomic E-state index is 0.115. The predicted octanol–water partition coefficient (Wildman–Crippen LogP) is 2.83. The van der Waals surface area contributed by atoms with E-state index in [0.717, 1.165) is 29.2 Å². The average Bonchev–Trinajstić information content (AvgIpc) is 3.06. The first-order valence-electron chi connectivity index (χ1n) is 7.89. The van der Waals surface area contributed by atoms with Crippen LogP contribution in [-0.4, -0.2) is 32.8 Å². The van der Waals surface area contributed by atoms with Crippen LogP contribution >= 0.6 is 0 Å². The second-order valence-corrected chi connectivity index (χ2v) is 5.91. The maximum absolute atomic E-state index is 4.64. The standard InChI is InChI=1S/C17H22N6/c1-11(2)16-13(10-20-23-16)15-7-9-19-17(22-15)21-12(3)14-6-4-5-8-18-14/h4-7,9-12,18H,8H2,1-3H3,(H,20,23)(H,19,21,22). The van der Waals surface area contributed by atoms with Crippen LogP contribution in [0.25, 0.3) is 11.3 Å². The van der Waals surface area contributed by atoms with Crippen molar-refractivity contribution in [3.05, 3.63) is 48.1 Å². The Labute approximate surface area is 136 Å². The number of anilines is 1. The van der Waals surface area contributed by atoms with E-state index >= 15 is 0 Å². The normalized spacial score (nSPS) is 15.2. The highest BCUT2D eigenvalue weighted by Crippen LogP contribution is 2.26. The van der Waals surface area contributed by atoms with Crippen molar-refractivity contribution in [3.63, 3.8) is 0 Å². The molecule has 6 heteroatoms. The summed E-state index contributed by atoms with van der Waals surface area (Å²) in [5.74, 6) is 0.976. The summed E-state index contributed by atoms with van der Waals surface area (Å²) < 4.78 is 0. The van der Waals surface area contributed by atoms with Crippen LogP contribution < -0.4 is 10.6 Å². The molecule has 0 aromatic carbocycles. The van der Waals surface area contributed by atoms with Gasteiger partial charge < -0.3 is 10.6 Å². The summed E-state index contributed by atoms with van der Waals surface area (Å²) in [5.41, 5.74) is 4.12. The Kier molecular flexibility index (Phi) is 4.41. The molecule has 0 spiro atoms. The van der Waals surface area contributed by atoms with E-state index in [1.807, 2.05) is 12.3 Å². The third-order valence-electron chi connectivity index (χ3n) is 3.83. The van der Waals surface area contributed by atoms with Crippen molar-refractivity contribution >= 4 is 5.95 Å². The minimum Gasteiger partial charge on any atom is -0.383 e. The second kappa shape index (κ2) is 6.64. The van der Waals surface area contributed by atoms with Gasteiger partial charge in [0.25, 0.3) is 0 Å². The number of nitrogens with zero attached hydrogens (tertiary/aromatic N) is 3. The first-order valence-corrected chi connectivity index (χ1v) is 7.89. The topological polar surface area (TPSA) is 78.5 Å². The van der Waals surface area contributed by atoms with Gasteiger partial charge >= 0.3 is 0 Å². The van der Waals surface area contributed by atoms with E-state index < -0.39 is 0 Å². The molecule has 1 aliphatic heterocycles. The zero-order valence-electron chi connectivity index (χ0n) is 13.7. The van der Waals surface area contributed by atoms with Crippen molar-refractivity contribution in [2.45, 2.75) is 32.7 Å². The van der Waals surface area contributed by atoms with E-state index in [-0.39, 0.29) is 6.04 Å². The van der Waals surface area contributed by atoms with Gasteiger partial charge in [-0.25, -0.2) is 9.97 Å². The zero-order valence-corrected chi connectivity index (χ0v) is 13.7. The van der Waals surface area contributed by atoms with Crippen molar-refractivity contribution < 1.29 is 0 Å².